The summed E-state index contributed by atoms with van der Waals surface area (Å²) in [4.78, 5) is 0. The zero-order valence-electron chi connectivity index (χ0n) is 12.0. The molecular formula is C18H24O. The second-order valence-corrected chi connectivity index (χ2v) is 5.34. The largest absolute Gasteiger partial charge is 0.380 e. The topological polar surface area (TPSA) is 20.2 Å². The van der Waals surface area contributed by atoms with E-state index in [9.17, 15) is 5.11 Å². The molecule has 0 bridgehead atoms. The number of hydrogen-bond donors (Lipinski definition) is 1. The summed E-state index contributed by atoms with van der Waals surface area (Å²) in [6.45, 7) is 8.14. The van der Waals surface area contributed by atoms with Crippen molar-refractivity contribution in [1.82, 2.24) is 0 Å². The number of rotatable bonds is 6. The average molecular weight is 256 g/mol. The molecule has 1 nitrogen and oxygen atoms in total. The molecule has 19 heavy (non-hydrogen) atoms. The Morgan fingerprint density at radius 2 is 2.00 bits per heavy atom. The number of aliphatic hydroxyl groups excluding tert-OH is 1. The molecular weight excluding hydrogens is 232 g/mol. The predicted molar refractivity (Wildman–Crippen MR) is 81.8 cm³/mol. The first kappa shape index (κ1) is 15.5. The Balaban J connectivity index is 2.33. The third kappa shape index (κ3) is 7.49. The van der Waals surface area contributed by atoms with Crippen molar-refractivity contribution in [3.63, 3.8) is 0 Å². The second-order valence-electron chi connectivity index (χ2n) is 5.34. The first-order valence-corrected chi connectivity index (χ1v) is 6.97. The molecule has 102 valence electrons. The van der Waals surface area contributed by atoms with E-state index in [0.717, 1.165) is 31.2 Å². The van der Waals surface area contributed by atoms with Gasteiger partial charge in [0.05, 0.1) is 0 Å². The van der Waals surface area contributed by atoms with Gasteiger partial charge in [-0.05, 0) is 44.2 Å². The van der Waals surface area contributed by atoms with Gasteiger partial charge >= 0.3 is 0 Å². The Kier molecular flexibility index (Phi) is 7.00. The van der Waals surface area contributed by atoms with Gasteiger partial charge in [-0.1, -0.05) is 49.0 Å². The second kappa shape index (κ2) is 8.56. The maximum atomic E-state index is 9.90. The minimum Gasteiger partial charge on any atom is -0.380 e. The Bertz CT molecular complexity index is 436. The van der Waals surface area contributed by atoms with Crippen LogP contribution >= 0.6 is 0 Å². The smallest absolute Gasteiger partial charge is 0.115 e. The third-order valence-electron chi connectivity index (χ3n) is 3.08. The molecule has 1 aromatic rings. The molecule has 0 aliphatic heterocycles. The molecule has 0 spiro atoms. The van der Waals surface area contributed by atoms with E-state index < -0.39 is 6.10 Å². The SMILES string of the molecule is C=C(C)CCC[C@H](C)C[C@H](O)C#Cc1ccccc1. The molecule has 1 N–H and O–H groups in total. The lowest BCUT2D eigenvalue weighted by Crippen LogP contribution is -2.09. The van der Waals surface area contributed by atoms with E-state index in [2.05, 4.69) is 32.3 Å². The van der Waals surface area contributed by atoms with Gasteiger partial charge in [0.1, 0.15) is 6.10 Å². The molecule has 0 aromatic heterocycles. The highest BCUT2D eigenvalue weighted by molar-refractivity contribution is 5.34. The summed E-state index contributed by atoms with van der Waals surface area (Å²) in [6, 6.07) is 9.78. The van der Waals surface area contributed by atoms with E-state index in [1.807, 2.05) is 30.3 Å². The maximum Gasteiger partial charge on any atom is 0.115 e. The van der Waals surface area contributed by atoms with Gasteiger partial charge in [-0.25, -0.2) is 0 Å². The van der Waals surface area contributed by atoms with Crippen molar-refractivity contribution in [2.45, 2.75) is 45.6 Å². The van der Waals surface area contributed by atoms with Crippen LogP contribution in [0.1, 0.15) is 45.1 Å². The lowest BCUT2D eigenvalue weighted by molar-refractivity contribution is 0.196. The number of hydrogen-bond acceptors (Lipinski definition) is 1. The molecule has 0 amide bonds. The Hall–Kier alpha value is -1.52. The highest BCUT2D eigenvalue weighted by atomic mass is 16.3. The van der Waals surface area contributed by atoms with Crippen LogP contribution in [0.25, 0.3) is 0 Å². The molecule has 2 atom stereocenters. The van der Waals surface area contributed by atoms with Gasteiger partial charge < -0.3 is 5.11 Å². The molecule has 0 unspecified atom stereocenters. The van der Waals surface area contributed by atoms with Crippen molar-refractivity contribution < 1.29 is 5.11 Å². The highest BCUT2D eigenvalue weighted by Gasteiger charge is 2.07. The molecule has 0 radical (unpaired) electrons. The normalized spacial score (nSPS) is 13.2. The van der Waals surface area contributed by atoms with Gasteiger partial charge in [0.15, 0.2) is 0 Å². The van der Waals surface area contributed by atoms with Crippen molar-refractivity contribution >= 4 is 0 Å². The minimum atomic E-state index is -0.528. The zero-order chi connectivity index (χ0) is 14.1. The van der Waals surface area contributed by atoms with Gasteiger partial charge in [0.25, 0.3) is 0 Å². The van der Waals surface area contributed by atoms with Crippen molar-refractivity contribution in [3.05, 3.63) is 48.0 Å². The van der Waals surface area contributed by atoms with Crippen molar-refractivity contribution in [2.75, 3.05) is 0 Å². The first-order valence-electron chi connectivity index (χ1n) is 6.97. The summed E-state index contributed by atoms with van der Waals surface area (Å²) in [7, 11) is 0. The van der Waals surface area contributed by atoms with Crippen LogP contribution in [0.2, 0.25) is 0 Å². The van der Waals surface area contributed by atoms with Crippen molar-refractivity contribution in [3.8, 4) is 11.8 Å². The fourth-order valence-corrected chi connectivity index (χ4v) is 2.00. The zero-order valence-corrected chi connectivity index (χ0v) is 12.0. The lowest BCUT2D eigenvalue weighted by atomic mass is 9.96. The third-order valence-corrected chi connectivity index (χ3v) is 3.08. The van der Waals surface area contributed by atoms with Crippen LogP contribution in [0.5, 0.6) is 0 Å². The lowest BCUT2D eigenvalue weighted by Gasteiger charge is -2.12. The molecule has 0 heterocycles. The molecule has 0 aliphatic carbocycles. The van der Waals surface area contributed by atoms with E-state index in [1.54, 1.807) is 0 Å². The van der Waals surface area contributed by atoms with E-state index >= 15 is 0 Å². The van der Waals surface area contributed by atoms with E-state index in [-0.39, 0.29) is 0 Å². The maximum absolute atomic E-state index is 9.90. The highest BCUT2D eigenvalue weighted by Crippen LogP contribution is 2.15. The first-order chi connectivity index (χ1) is 9.08. The van der Waals surface area contributed by atoms with E-state index in [1.165, 1.54) is 5.57 Å². The fraction of sp³-hybridized carbons (Fsp3) is 0.444. The monoisotopic (exact) mass is 256 g/mol. The van der Waals surface area contributed by atoms with Crippen molar-refractivity contribution in [2.24, 2.45) is 5.92 Å². The van der Waals surface area contributed by atoms with Gasteiger partial charge in [0.2, 0.25) is 0 Å². The van der Waals surface area contributed by atoms with Crippen LogP contribution in [0.15, 0.2) is 42.5 Å². The Morgan fingerprint density at radius 3 is 2.63 bits per heavy atom. The molecule has 0 saturated carbocycles. The van der Waals surface area contributed by atoms with Crippen LogP contribution < -0.4 is 0 Å². The molecule has 0 aliphatic rings. The van der Waals surface area contributed by atoms with Crippen LogP contribution in [0, 0.1) is 17.8 Å². The molecule has 0 saturated heterocycles. The number of benzene rings is 1. The number of allylic oxidation sites excluding steroid dienone is 1. The van der Waals surface area contributed by atoms with E-state index in [0.29, 0.717) is 5.92 Å². The number of aliphatic hydroxyl groups is 1. The van der Waals surface area contributed by atoms with Crippen LogP contribution in [-0.4, -0.2) is 11.2 Å². The van der Waals surface area contributed by atoms with Gasteiger partial charge in [-0.15, -0.1) is 6.58 Å². The summed E-state index contributed by atoms with van der Waals surface area (Å²) >= 11 is 0. The average Bonchev–Trinajstić information content (AvgIpc) is 2.37. The molecule has 0 fully saturated rings. The summed E-state index contributed by atoms with van der Waals surface area (Å²) in [6.07, 6.45) is 3.57. The van der Waals surface area contributed by atoms with Crippen LogP contribution in [-0.2, 0) is 0 Å². The molecule has 1 aromatic carbocycles. The summed E-state index contributed by atoms with van der Waals surface area (Å²) in [5, 5.41) is 9.90. The molecule has 1 heteroatoms. The molecule has 1 rings (SSSR count). The quantitative estimate of drug-likeness (QED) is 0.598. The van der Waals surface area contributed by atoms with Crippen molar-refractivity contribution in [1.29, 1.82) is 0 Å². The standard InChI is InChI=1S/C18H24O/c1-15(2)8-7-9-16(3)14-18(19)13-12-17-10-5-4-6-11-17/h4-6,10-11,16,18-19H,1,7-9,14H2,2-3H3/t16-,18+/m0/s1. The van der Waals surface area contributed by atoms with Crippen LogP contribution in [0.3, 0.4) is 0 Å². The Labute approximate surface area is 117 Å². The minimum absolute atomic E-state index is 0.499. The van der Waals surface area contributed by atoms with Gasteiger partial charge in [0, 0.05) is 5.56 Å². The van der Waals surface area contributed by atoms with Gasteiger partial charge in [-0.2, -0.15) is 0 Å². The summed E-state index contributed by atoms with van der Waals surface area (Å²) < 4.78 is 0. The summed E-state index contributed by atoms with van der Waals surface area (Å²) in [5.74, 6) is 6.43. The van der Waals surface area contributed by atoms with Crippen LogP contribution in [0.4, 0.5) is 0 Å². The predicted octanol–water partition coefficient (Wildman–Crippen LogP) is 4.17. The fourth-order valence-electron chi connectivity index (χ4n) is 2.00. The summed E-state index contributed by atoms with van der Waals surface area (Å²) in [5.41, 5.74) is 2.19. The van der Waals surface area contributed by atoms with E-state index in [4.69, 9.17) is 0 Å². The Morgan fingerprint density at radius 1 is 1.32 bits per heavy atom. The van der Waals surface area contributed by atoms with Gasteiger partial charge in [-0.3, -0.25) is 0 Å².